The van der Waals surface area contributed by atoms with E-state index in [0.717, 1.165) is 53.6 Å². The molecule has 6 heteroatoms. The predicted molar refractivity (Wildman–Crippen MR) is 132 cm³/mol. The minimum atomic E-state index is -2.85. The number of fused-ring (bicyclic) bond motifs is 1. The molecule has 1 aromatic heterocycles. The molecule has 4 rings (SSSR count). The Kier molecular flexibility index (Phi) is 8.14. The van der Waals surface area contributed by atoms with Crippen LogP contribution in [0, 0.1) is 5.82 Å². The fourth-order valence-corrected chi connectivity index (χ4v) is 4.02. The Bertz CT molecular complexity index is 1270. The maximum atomic E-state index is 15.2. The predicted octanol–water partition coefficient (Wildman–Crippen LogP) is 7.06. The molecule has 0 aliphatic carbocycles. The highest BCUT2D eigenvalue weighted by atomic mass is 19.3. The molecule has 0 aliphatic heterocycles. The Labute approximate surface area is 203 Å². The van der Waals surface area contributed by atoms with Crippen LogP contribution < -0.4 is 4.74 Å². The van der Waals surface area contributed by atoms with E-state index in [0.29, 0.717) is 23.8 Å². The first-order chi connectivity index (χ1) is 17.0. The van der Waals surface area contributed by atoms with Gasteiger partial charge in [-0.1, -0.05) is 48.5 Å². The lowest BCUT2D eigenvalue weighted by Crippen LogP contribution is -2.02. The fourth-order valence-electron chi connectivity index (χ4n) is 4.02. The van der Waals surface area contributed by atoms with Crippen molar-refractivity contribution in [3.63, 3.8) is 0 Å². The number of ether oxygens (including phenoxy) is 1. The van der Waals surface area contributed by atoms with Gasteiger partial charge in [0.1, 0.15) is 17.4 Å². The highest BCUT2D eigenvalue weighted by molar-refractivity contribution is 5.84. The Morgan fingerprint density at radius 2 is 1.51 bits per heavy atom. The van der Waals surface area contributed by atoms with Crippen LogP contribution in [0.3, 0.4) is 0 Å². The van der Waals surface area contributed by atoms with Crippen LogP contribution in [0.5, 0.6) is 5.75 Å². The lowest BCUT2D eigenvalue weighted by molar-refractivity contribution is -0.0498. The number of rotatable bonds is 11. The van der Waals surface area contributed by atoms with Crippen molar-refractivity contribution in [2.75, 3.05) is 0 Å². The summed E-state index contributed by atoms with van der Waals surface area (Å²) in [5.74, 6) is 0.691. The molecule has 0 radical (unpaired) electrons. The highest BCUT2D eigenvalue weighted by Gasteiger charge is 2.10. The molecule has 0 amide bonds. The number of hydrogen-bond acceptors (Lipinski definition) is 3. The van der Waals surface area contributed by atoms with E-state index in [9.17, 15) is 8.78 Å². The monoisotopic (exact) mass is 476 g/mol. The molecule has 35 heavy (non-hydrogen) atoms. The van der Waals surface area contributed by atoms with Crippen LogP contribution in [0.15, 0.2) is 79.6 Å². The quantitative estimate of drug-likeness (QED) is 0.217. The van der Waals surface area contributed by atoms with Crippen LogP contribution in [0.4, 0.5) is 13.2 Å². The Balaban J connectivity index is 1.37. The van der Waals surface area contributed by atoms with Crippen molar-refractivity contribution in [3.8, 4) is 5.75 Å². The number of aromatic nitrogens is 2. The molecule has 0 bridgehead atoms. The zero-order valence-electron chi connectivity index (χ0n) is 19.4. The first-order valence-electron chi connectivity index (χ1n) is 11.7. The van der Waals surface area contributed by atoms with Gasteiger partial charge in [0.05, 0.1) is 0 Å². The van der Waals surface area contributed by atoms with Crippen LogP contribution in [0.2, 0.25) is 0 Å². The standard InChI is InChI=1S/C29H27F3N2O/c1-2-3-4-22-18-33-27(34-19-22)16-9-21-8-15-26-24(17-21)12-11-23(28(26)30)10-5-20-6-13-25(14-7-20)35-29(31)32/h2,6-8,11-15,17-19,29H,1,3-5,9-10,16H2. The molecule has 0 atom stereocenters. The summed E-state index contributed by atoms with van der Waals surface area (Å²) in [4.78, 5) is 8.90. The van der Waals surface area contributed by atoms with Gasteiger partial charge in [-0.25, -0.2) is 14.4 Å². The van der Waals surface area contributed by atoms with Crippen molar-refractivity contribution in [2.24, 2.45) is 0 Å². The van der Waals surface area contributed by atoms with E-state index < -0.39 is 6.61 Å². The van der Waals surface area contributed by atoms with Crippen molar-refractivity contribution in [1.29, 1.82) is 0 Å². The maximum Gasteiger partial charge on any atom is 0.387 e. The third kappa shape index (κ3) is 6.69. The lowest BCUT2D eigenvalue weighted by Gasteiger charge is -2.10. The summed E-state index contributed by atoms with van der Waals surface area (Å²) in [6, 6.07) is 16.0. The van der Waals surface area contributed by atoms with Crippen LogP contribution in [0.25, 0.3) is 10.8 Å². The van der Waals surface area contributed by atoms with Gasteiger partial charge in [0.2, 0.25) is 0 Å². The second kappa shape index (κ2) is 11.6. The van der Waals surface area contributed by atoms with Crippen LogP contribution in [-0.4, -0.2) is 16.6 Å². The second-order valence-corrected chi connectivity index (χ2v) is 8.45. The average molecular weight is 477 g/mol. The van der Waals surface area contributed by atoms with E-state index in [2.05, 4.69) is 21.3 Å². The van der Waals surface area contributed by atoms with Crippen molar-refractivity contribution in [1.82, 2.24) is 9.97 Å². The second-order valence-electron chi connectivity index (χ2n) is 8.45. The smallest absolute Gasteiger partial charge is 0.387 e. The topological polar surface area (TPSA) is 35.0 Å². The Morgan fingerprint density at radius 1 is 0.800 bits per heavy atom. The van der Waals surface area contributed by atoms with Crippen LogP contribution in [-0.2, 0) is 32.1 Å². The first kappa shape index (κ1) is 24.5. The van der Waals surface area contributed by atoms with Gasteiger partial charge >= 0.3 is 6.61 Å². The number of alkyl halides is 2. The number of halogens is 3. The minimum Gasteiger partial charge on any atom is -0.435 e. The third-order valence-electron chi connectivity index (χ3n) is 5.96. The molecule has 3 aromatic carbocycles. The number of aryl methyl sites for hydroxylation is 5. The molecule has 0 N–H and O–H groups in total. The molecule has 0 saturated carbocycles. The molecule has 0 saturated heterocycles. The number of benzene rings is 3. The SMILES string of the molecule is C=CCCc1cnc(CCc2ccc3c(F)c(CCc4ccc(OC(F)F)cc4)ccc3c2)nc1. The largest absolute Gasteiger partial charge is 0.435 e. The highest BCUT2D eigenvalue weighted by Crippen LogP contribution is 2.25. The zero-order valence-corrected chi connectivity index (χ0v) is 19.4. The van der Waals surface area contributed by atoms with E-state index in [-0.39, 0.29) is 11.6 Å². The molecule has 0 aliphatic rings. The van der Waals surface area contributed by atoms with Gasteiger partial charge in [0.25, 0.3) is 0 Å². The summed E-state index contributed by atoms with van der Waals surface area (Å²) in [5, 5.41) is 1.45. The van der Waals surface area contributed by atoms with Crippen molar-refractivity contribution < 1.29 is 17.9 Å². The van der Waals surface area contributed by atoms with E-state index in [1.54, 1.807) is 12.1 Å². The molecule has 0 unspecified atom stereocenters. The molecule has 1 heterocycles. The van der Waals surface area contributed by atoms with Gasteiger partial charge in [-0.05, 0) is 71.9 Å². The average Bonchev–Trinajstić information content (AvgIpc) is 2.87. The summed E-state index contributed by atoms with van der Waals surface area (Å²) < 4.78 is 44.1. The molecule has 0 fully saturated rings. The van der Waals surface area contributed by atoms with Gasteiger partial charge in [0, 0.05) is 24.2 Å². The van der Waals surface area contributed by atoms with Gasteiger partial charge < -0.3 is 4.74 Å². The summed E-state index contributed by atoms with van der Waals surface area (Å²) in [6.45, 7) is 0.885. The summed E-state index contributed by atoms with van der Waals surface area (Å²) in [7, 11) is 0. The van der Waals surface area contributed by atoms with E-state index in [1.165, 1.54) is 12.1 Å². The number of hydrogen-bond donors (Lipinski definition) is 0. The molecule has 4 aromatic rings. The number of nitrogens with zero attached hydrogens (tertiary/aromatic N) is 2. The number of allylic oxidation sites excluding steroid dienone is 1. The van der Waals surface area contributed by atoms with Gasteiger partial charge in [-0.3, -0.25) is 0 Å². The summed E-state index contributed by atoms with van der Waals surface area (Å²) in [5.41, 5.74) is 3.76. The van der Waals surface area contributed by atoms with Crippen molar-refractivity contribution >= 4 is 10.8 Å². The molecule has 0 spiro atoms. The van der Waals surface area contributed by atoms with E-state index in [1.807, 2.05) is 48.8 Å². The maximum absolute atomic E-state index is 15.2. The van der Waals surface area contributed by atoms with Crippen molar-refractivity contribution in [2.45, 2.75) is 45.1 Å². The van der Waals surface area contributed by atoms with Crippen LogP contribution >= 0.6 is 0 Å². The summed E-state index contributed by atoms with van der Waals surface area (Å²) >= 11 is 0. The van der Waals surface area contributed by atoms with Crippen molar-refractivity contribution in [3.05, 3.63) is 114 Å². The lowest BCUT2D eigenvalue weighted by atomic mass is 9.98. The molecule has 3 nitrogen and oxygen atoms in total. The molecule has 180 valence electrons. The third-order valence-corrected chi connectivity index (χ3v) is 5.96. The van der Waals surface area contributed by atoms with E-state index >= 15 is 4.39 Å². The van der Waals surface area contributed by atoms with Crippen LogP contribution in [0.1, 0.15) is 34.5 Å². The Hall–Kier alpha value is -3.67. The van der Waals surface area contributed by atoms with Gasteiger partial charge in [0.15, 0.2) is 0 Å². The molecular weight excluding hydrogens is 449 g/mol. The molecular formula is C29H27F3N2O. The van der Waals surface area contributed by atoms with E-state index in [4.69, 9.17) is 0 Å². The minimum absolute atomic E-state index is 0.114. The normalized spacial score (nSPS) is 11.2. The summed E-state index contributed by atoms with van der Waals surface area (Å²) in [6.07, 6.45) is 10.0. The first-order valence-corrected chi connectivity index (χ1v) is 11.7. The Morgan fingerprint density at radius 3 is 2.23 bits per heavy atom. The fraction of sp³-hybridized carbons (Fsp3) is 0.241. The van der Waals surface area contributed by atoms with Gasteiger partial charge in [-0.15, -0.1) is 6.58 Å². The van der Waals surface area contributed by atoms with Gasteiger partial charge in [-0.2, -0.15) is 8.78 Å². The zero-order chi connectivity index (χ0) is 24.6.